The molecule has 0 aliphatic heterocycles. The largest absolute Gasteiger partial charge is 0.348 e. The summed E-state index contributed by atoms with van der Waals surface area (Å²) >= 11 is 3.00. The first-order chi connectivity index (χ1) is 7.56. The van der Waals surface area contributed by atoms with Crippen molar-refractivity contribution >= 4 is 21.8 Å². The first-order valence-corrected chi connectivity index (χ1v) is 5.47. The average molecular weight is 285 g/mol. The van der Waals surface area contributed by atoms with E-state index < -0.39 is 11.7 Å². The van der Waals surface area contributed by atoms with Crippen molar-refractivity contribution in [1.29, 1.82) is 5.26 Å². The normalized spacial score (nSPS) is 11.6. The van der Waals surface area contributed by atoms with Crippen molar-refractivity contribution in [1.82, 2.24) is 5.32 Å². The molecule has 0 aliphatic carbocycles. The molecule has 0 aromatic heterocycles. The van der Waals surface area contributed by atoms with Gasteiger partial charge in [-0.3, -0.25) is 4.79 Å². The molecular weight excluding hydrogens is 275 g/mol. The van der Waals surface area contributed by atoms with Crippen LogP contribution in [0.25, 0.3) is 0 Å². The Balaban J connectivity index is 2.82. The van der Waals surface area contributed by atoms with Gasteiger partial charge in [0.05, 0.1) is 22.5 Å². The minimum atomic E-state index is -0.593. The fraction of sp³-hybridized carbons (Fsp3) is 0.273. The van der Waals surface area contributed by atoms with Gasteiger partial charge in [0, 0.05) is 6.04 Å². The fourth-order valence-corrected chi connectivity index (χ4v) is 1.53. The molecule has 0 saturated heterocycles. The number of carbonyl (C=O) groups excluding carboxylic acids is 1. The molecule has 0 saturated carbocycles. The number of nitriles is 1. The molecule has 1 aromatic rings. The van der Waals surface area contributed by atoms with Crippen LogP contribution < -0.4 is 5.32 Å². The Morgan fingerprint density at radius 3 is 3.00 bits per heavy atom. The van der Waals surface area contributed by atoms with Gasteiger partial charge in [0.2, 0.25) is 0 Å². The number of nitrogens with one attached hydrogen (secondary N) is 1. The van der Waals surface area contributed by atoms with Gasteiger partial charge in [-0.05, 0) is 35.0 Å². The lowest BCUT2D eigenvalue weighted by Gasteiger charge is -2.11. The Morgan fingerprint density at radius 2 is 2.38 bits per heavy atom. The topological polar surface area (TPSA) is 52.9 Å². The summed E-state index contributed by atoms with van der Waals surface area (Å²) in [5.74, 6) is -1.11. The molecule has 1 aromatic carbocycles. The second-order valence-electron chi connectivity index (χ2n) is 3.34. The molecule has 1 rings (SSSR count). The van der Waals surface area contributed by atoms with E-state index in [1.165, 1.54) is 12.1 Å². The van der Waals surface area contributed by atoms with Crippen molar-refractivity contribution in [2.75, 3.05) is 0 Å². The number of amides is 1. The molecule has 0 spiro atoms. The number of benzene rings is 1. The zero-order valence-corrected chi connectivity index (χ0v) is 10.2. The van der Waals surface area contributed by atoms with Crippen LogP contribution in [0.5, 0.6) is 0 Å². The number of carbonyl (C=O) groups is 1. The molecule has 0 heterocycles. The predicted octanol–water partition coefficient (Wildman–Crippen LogP) is 2.62. The van der Waals surface area contributed by atoms with Crippen LogP contribution in [0.4, 0.5) is 4.39 Å². The van der Waals surface area contributed by atoms with Crippen LogP contribution in [0.15, 0.2) is 22.7 Å². The first-order valence-electron chi connectivity index (χ1n) is 4.68. The van der Waals surface area contributed by atoms with Gasteiger partial charge in [-0.25, -0.2) is 4.39 Å². The number of hydrogen-bond donors (Lipinski definition) is 1. The van der Waals surface area contributed by atoms with Crippen molar-refractivity contribution in [3.8, 4) is 6.07 Å². The van der Waals surface area contributed by atoms with Gasteiger partial charge in [-0.15, -0.1) is 0 Å². The predicted molar refractivity (Wildman–Crippen MR) is 61.3 cm³/mol. The molecule has 0 radical (unpaired) electrons. The van der Waals surface area contributed by atoms with Crippen LogP contribution in [0, 0.1) is 17.1 Å². The van der Waals surface area contributed by atoms with E-state index in [0.717, 1.165) is 0 Å². The zero-order chi connectivity index (χ0) is 12.1. The molecule has 1 unspecified atom stereocenters. The number of rotatable bonds is 3. The van der Waals surface area contributed by atoms with E-state index in [0.29, 0.717) is 0 Å². The van der Waals surface area contributed by atoms with Gasteiger partial charge in [0.1, 0.15) is 5.82 Å². The molecule has 1 atom stereocenters. The Kier molecular flexibility index (Phi) is 4.44. The van der Waals surface area contributed by atoms with Crippen LogP contribution in [0.3, 0.4) is 0 Å². The number of nitrogens with zero attached hydrogens (tertiary/aromatic N) is 1. The summed E-state index contributed by atoms with van der Waals surface area (Å²) in [6.07, 6.45) is 0.196. The molecule has 1 amide bonds. The van der Waals surface area contributed by atoms with E-state index >= 15 is 0 Å². The molecule has 0 aliphatic rings. The smallest absolute Gasteiger partial charge is 0.254 e. The first kappa shape index (κ1) is 12.7. The average Bonchev–Trinajstić information content (AvgIpc) is 2.22. The highest BCUT2D eigenvalue weighted by molar-refractivity contribution is 9.10. The summed E-state index contributed by atoms with van der Waals surface area (Å²) in [6, 6.07) is 6.13. The number of hydrogen-bond acceptors (Lipinski definition) is 2. The minimum Gasteiger partial charge on any atom is -0.348 e. The Morgan fingerprint density at radius 1 is 1.69 bits per heavy atom. The molecule has 0 bridgehead atoms. The summed E-state index contributed by atoms with van der Waals surface area (Å²) < 4.78 is 13.8. The van der Waals surface area contributed by atoms with Gasteiger partial charge in [0.25, 0.3) is 5.91 Å². The van der Waals surface area contributed by atoms with E-state index in [9.17, 15) is 9.18 Å². The summed E-state index contributed by atoms with van der Waals surface area (Å²) in [5, 5.41) is 11.0. The van der Waals surface area contributed by atoms with Crippen LogP contribution in [0.2, 0.25) is 0 Å². The van der Waals surface area contributed by atoms with E-state index in [2.05, 4.69) is 21.2 Å². The van der Waals surface area contributed by atoms with E-state index in [1.807, 2.05) is 6.07 Å². The Labute approximate surface area is 101 Å². The highest BCUT2D eigenvalue weighted by Crippen LogP contribution is 2.18. The molecule has 5 heteroatoms. The van der Waals surface area contributed by atoms with Gasteiger partial charge < -0.3 is 5.32 Å². The third-order valence-electron chi connectivity index (χ3n) is 1.97. The highest BCUT2D eigenvalue weighted by atomic mass is 79.9. The highest BCUT2D eigenvalue weighted by Gasteiger charge is 2.15. The molecular formula is C11H10BrFN2O. The molecule has 84 valence electrons. The molecule has 16 heavy (non-hydrogen) atoms. The summed E-state index contributed by atoms with van der Waals surface area (Å²) in [6.45, 7) is 1.69. The lowest BCUT2D eigenvalue weighted by atomic mass is 10.1. The Bertz CT molecular complexity index is 442. The lowest BCUT2D eigenvalue weighted by molar-refractivity contribution is 0.0936. The van der Waals surface area contributed by atoms with Crippen molar-refractivity contribution in [3.05, 3.63) is 34.1 Å². The summed E-state index contributed by atoms with van der Waals surface area (Å²) in [5.41, 5.74) is -0.0286. The third kappa shape index (κ3) is 3.04. The van der Waals surface area contributed by atoms with Crippen LogP contribution in [-0.4, -0.2) is 11.9 Å². The van der Waals surface area contributed by atoms with Gasteiger partial charge in [-0.2, -0.15) is 5.26 Å². The van der Waals surface area contributed by atoms with Crippen molar-refractivity contribution < 1.29 is 9.18 Å². The minimum absolute atomic E-state index is 0.0286. The van der Waals surface area contributed by atoms with E-state index in [1.54, 1.807) is 13.0 Å². The maximum atomic E-state index is 13.5. The van der Waals surface area contributed by atoms with Crippen molar-refractivity contribution in [2.45, 2.75) is 19.4 Å². The number of halogens is 2. The molecule has 3 nitrogen and oxygen atoms in total. The van der Waals surface area contributed by atoms with Gasteiger partial charge in [0.15, 0.2) is 0 Å². The summed E-state index contributed by atoms with van der Waals surface area (Å²) in [4.78, 5) is 11.6. The van der Waals surface area contributed by atoms with Gasteiger partial charge in [-0.1, -0.05) is 6.07 Å². The quantitative estimate of drug-likeness (QED) is 0.928. The van der Waals surface area contributed by atoms with Gasteiger partial charge >= 0.3 is 0 Å². The third-order valence-corrected chi connectivity index (χ3v) is 2.58. The van der Waals surface area contributed by atoms with Crippen molar-refractivity contribution in [2.24, 2.45) is 0 Å². The summed E-state index contributed by atoms with van der Waals surface area (Å²) in [7, 11) is 0. The van der Waals surface area contributed by atoms with Crippen molar-refractivity contribution in [3.63, 3.8) is 0 Å². The maximum Gasteiger partial charge on any atom is 0.254 e. The zero-order valence-electron chi connectivity index (χ0n) is 8.63. The van der Waals surface area contributed by atoms with Crippen LogP contribution in [0.1, 0.15) is 23.7 Å². The fourth-order valence-electron chi connectivity index (χ4n) is 1.17. The second-order valence-corrected chi connectivity index (χ2v) is 4.19. The molecule has 1 N–H and O–H groups in total. The SMILES string of the molecule is CC(CC#N)NC(=O)c1cccc(Br)c1F. The van der Waals surface area contributed by atoms with Crippen LogP contribution in [-0.2, 0) is 0 Å². The maximum absolute atomic E-state index is 13.5. The molecule has 0 fully saturated rings. The standard InChI is InChI=1S/C11H10BrFN2O/c1-7(5-6-14)15-11(16)8-3-2-4-9(12)10(8)13/h2-4,7H,5H2,1H3,(H,15,16). The van der Waals surface area contributed by atoms with E-state index in [-0.39, 0.29) is 22.5 Å². The Hall–Kier alpha value is -1.41. The monoisotopic (exact) mass is 284 g/mol. The van der Waals surface area contributed by atoms with Crippen LogP contribution >= 0.6 is 15.9 Å². The second kappa shape index (κ2) is 5.61. The van der Waals surface area contributed by atoms with E-state index in [4.69, 9.17) is 5.26 Å². The lowest BCUT2D eigenvalue weighted by Crippen LogP contribution is -2.32.